The van der Waals surface area contributed by atoms with Crippen LogP contribution >= 0.6 is 11.6 Å². The molecule has 2 aromatic carbocycles. The van der Waals surface area contributed by atoms with Gasteiger partial charge in [-0.3, -0.25) is 4.79 Å². The maximum atomic E-state index is 12.0. The molecule has 1 amide bonds. The second-order valence-corrected chi connectivity index (χ2v) is 5.70. The molecule has 24 heavy (non-hydrogen) atoms. The molecule has 0 aliphatic carbocycles. The van der Waals surface area contributed by atoms with Crippen LogP contribution in [0.2, 0.25) is 5.02 Å². The molecule has 0 saturated carbocycles. The zero-order valence-corrected chi connectivity index (χ0v) is 14.2. The van der Waals surface area contributed by atoms with Crippen LogP contribution in [0.3, 0.4) is 0 Å². The highest BCUT2D eigenvalue weighted by Gasteiger charge is 2.17. The van der Waals surface area contributed by atoms with Gasteiger partial charge in [-0.1, -0.05) is 53.6 Å². The summed E-state index contributed by atoms with van der Waals surface area (Å²) in [6.45, 7) is 3.49. The zero-order valence-electron chi connectivity index (χ0n) is 13.5. The normalized spacial score (nSPS) is 12.0. The SMILES string of the molecule is Cc1ccc(/C=C/C(=O)O[C@@H](C)C(=O)Nc2ccccc2Cl)cc1. The number of para-hydroxylation sites is 1. The van der Waals surface area contributed by atoms with E-state index >= 15 is 0 Å². The molecule has 124 valence electrons. The first-order chi connectivity index (χ1) is 11.5. The number of carbonyl (C=O) groups is 2. The van der Waals surface area contributed by atoms with Gasteiger partial charge in [0.05, 0.1) is 10.7 Å². The Morgan fingerprint density at radius 3 is 2.46 bits per heavy atom. The number of aryl methyl sites for hydroxylation is 1. The average Bonchev–Trinajstić information content (AvgIpc) is 2.56. The molecule has 0 unspecified atom stereocenters. The first-order valence-corrected chi connectivity index (χ1v) is 7.84. The Labute approximate surface area is 146 Å². The summed E-state index contributed by atoms with van der Waals surface area (Å²) in [4.78, 5) is 23.8. The minimum atomic E-state index is -0.934. The lowest BCUT2D eigenvalue weighted by Crippen LogP contribution is -2.29. The number of hydrogen-bond acceptors (Lipinski definition) is 3. The van der Waals surface area contributed by atoms with E-state index in [4.69, 9.17) is 16.3 Å². The topological polar surface area (TPSA) is 55.4 Å². The van der Waals surface area contributed by atoms with Gasteiger partial charge in [-0.25, -0.2) is 4.79 Å². The van der Waals surface area contributed by atoms with Gasteiger partial charge in [-0.15, -0.1) is 0 Å². The third-order valence-corrected chi connectivity index (χ3v) is 3.61. The Balaban J connectivity index is 1.90. The Morgan fingerprint density at radius 2 is 1.79 bits per heavy atom. The number of carbonyl (C=O) groups excluding carboxylic acids is 2. The van der Waals surface area contributed by atoms with Crippen LogP contribution in [0.1, 0.15) is 18.1 Å². The molecule has 5 heteroatoms. The Morgan fingerprint density at radius 1 is 1.12 bits per heavy atom. The van der Waals surface area contributed by atoms with Crippen LogP contribution in [0.4, 0.5) is 5.69 Å². The number of nitrogens with one attached hydrogen (secondary N) is 1. The van der Waals surface area contributed by atoms with E-state index in [9.17, 15) is 9.59 Å². The molecule has 4 nitrogen and oxygen atoms in total. The smallest absolute Gasteiger partial charge is 0.331 e. The quantitative estimate of drug-likeness (QED) is 0.652. The van der Waals surface area contributed by atoms with Crippen molar-refractivity contribution in [3.8, 4) is 0 Å². The van der Waals surface area contributed by atoms with Crippen LogP contribution < -0.4 is 5.32 Å². The van der Waals surface area contributed by atoms with Crippen LogP contribution in [0.15, 0.2) is 54.6 Å². The maximum absolute atomic E-state index is 12.0. The van der Waals surface area contributed by atoms with Gasteiger partial charge in [0.15, 0.2) is 6.10 Å². The summed E-state index contributed by atoms with van der Waals surface area (Å²) in [7, 11) is 0. The van der Waals surface area contributed by atoms with E-state index in [1.54, 1.807) is 30.3 Å². The number of rotatable bonds is 5. The van der Waals surface area contributed by atoms with Crippen molar-refractivity contribution in [1.82, 2.24) is 0 Å². The van der Waals surface area contributed by atoms with Crippen LogP contribution in [0.5, 0.6) is 0 Å². The molecule has 0 fully saturated rings. The van der Waals surface area contributed by atoms with Gasteiger partial charge < -0.3 is 10.1 Å². The van der Waals surface area contributed by atoms with Gasteiger partial charge in [-0.2, -0.15) is 0 Å². The highest BCUT2D eigenvalue weighted by molar-refractivity contribution is 6.33. The first-order valence-electron chi connectivity index (χ1n) is 7.46. The van der Waals surface area contributed by atoms with Crippen molar-refractivity contribution >= 4 is 35.2 Å². The van der Waals surface area contributed by atoms with Gasteiger partial charge in [-0.05, 0) is 37.6 Å². The minimum absolute atomic E-state index is 0.420. The molecule has 0 aliphatic heterocycles. The Kier molecular flexibility index (Phi) is 6.15. The third-order valence-electron chi connectivity index (χ3n) is 3.28. The van der Waals surface area contributed by atoms with Crippen molar-refractivity contribution < 1.29 is 14.3 Å². The molecule has 2 rings (SSSR count). The predicted molar refractivity (Wildman–Crippen MR) is 95.8 cm³/mol. The third kappa shape index (κ3) is 5.25. The van der Waals surface area contributed by atoms with Gasteiger partial charge in [0, 0.05) is 6.08 Å². The summed E-state index contributed by atoms with van der Waals surface area (Å²) >= 11 is 5.97. The number of anilines is 1. The van der Waals surface area contributed by atoms with Crippen LogP contribution in [0, 0.1) is 6.92 Å². The van der Waals surface area contributed by atoms with Crippen molar-refractivity contribution in [1.29, 1.82) is 0 Å². The summed E-state index contributed by atoms with van der Waals surface area (Å²) < 4.78 is 5.09. The van der Waals surface area contributed by atoms with E-state index < -0.39 is 18.0 Å². The van der Waals surface area contributed by atoms with Gasteiger partial charge in [0.1, 0.15) is 0 Å². The molecule has 0 saturated heterocycles. The standard InChI is InChI=1S/C19H18ClNO3/c1-13-7-9-15(10-8-13)11-12-18(22)24-14(2)19(23)21-17-6-4-3-5-16(17)20/h3-12,14H,1-2H3,(H,21,23)/b12-11+/t14-/m0/s1. The predicted octanol–water partition coefficient (Wildman–Crippen LogP) is 4.23. The number of amides is 1. The molecular weight excluding hydrogens is 326 g/mol. The number of hydrogen-bond donors (Lipinski definition) is 1. The van der Waals surface area contributed by atoms with Crippen molar-refractivity contribution in [3.05, 3.63) is 70.8 Å². The lowest BCUT2D eigenvalue weighted by atomic mass is 10.1. The van der Waals surface area contributed by atoms with Gasteiger partial charge in [0.2, 0.25) is 0 Å². The van der Waals surface area contributed by atoms with Crippen LogP contribution in [-0.2, 0) is 14.3 Å². The van der Waals surface area contributed by atoms with Crippen LogP contribution in [-0.4, -0.2) is 18.0 Å². The number of benzene rings is 2. The summed E-state index contributed by atoms with van der Waals surface area (Å²) in [5, 5.41) is 3.04. The fraction of sp³-hybridized carbons (Fsp3) is 0.158. The second-order valence-electron chi connectivity index (χ2n) is 5.29. The lowest BCUT2D eigenvalue weighted by Gasteiger charge is -2.13. The largest absolute Gasteiger partial charge is 0.449 e. The van der Waals surface area contributed by atoms with Crippen molar-refractivity contribution in [2.24, 2.45) is 0 Å². The van der Waals surface area contributed by atoms with E-state index in [-0.39, 0.29) is 0 Å². The van der Waals surface area contributed by atoms with Crippen molar-refractivity contribution in [2.45, 2.75) is 20.0 Å². The van der Waals surface area contributed by atoms with E-state index in [1.807, 2.05) is 31.2 Å². The molecule has 0 heterocycles. The summed E-state index contributed by atoms with van der Waals surface area (Å²) in [5.74, 6) is -1.03. The fourth-order valence-electron chi connectivity index (χ4n) is 1.91. The number of halogens is 1. The molecule has 2 aromatic rings. The van der Waals surface area contributed by atoms with Crippen LogP contribution in [0.25, 0.3) is 6.08 Å². The fourth-order valence-corrected chi connectivity index (χ4v) is 2.09. The summed E-state index contributed by atoms with van der Waals surface area (Å²) in [6.07, 6.45) is 2.00. The second kappa shape index (κ2) is 8.31. The van der Waals surface area contributed by atoms with E-state index in [2.05, 4.69) is 5.32 Å². The summed E-state index contributed by atoms with van der Waals surface area (Å²) in [5.41, 5.74) is 2.49. The maximum Gasteiger partial charge on any atom is 0.331 e. The van der Waals surface area contributed by atoms with Crippen molar-refractivity contribution in [2.75, 3.05) is 5.32 Å². The van der Waals surface area contributed by atoms with Gasteiger partial charge in [0.25, 0.3) is 5.91 Å². The monoisotopic (exact) mass is 343 g/mol. The summed E-state index contributed by atoms with van der Waals surface area (Å²) in [6, 6.07) is 14.5. The van der Waals surface area contributed by atoms with E-state index in [0.29, 0.717) is 10.7 Å². The van der Waals surface area contributed by atoms with Gasteiger partial charge >= 0.3 is 5.97 Å². The molecule has 0 bridgehead atoms. The van der Waals surface area contributed by atoms with E-state index in [0.717, 1.165) is 11.1 Å². The average molecular weight is 344 g/mol. The van der Waals surface area contributed by atoms with E-state index in [1.165, 1.54) is 13.0 Å². The number of ether oxygens (including phenoxy) is 1. The molecular formula is C19H18ClNO3. The number of esters is 1. The molecule has 0 aromatic heterocycles. The van der Waals surface area contributed by atoms with Crippen molar-refractivity contribution in [3.63, 3.8) is 0 Å². The Bertz CT molecular complexity index is 753. The molecule has 0 aliphatic rings. The Hall–Kier alpha value is -2.59. The highest BCUT2D eigenvalue weighted by Crippen LogP contribution is 2.20. The first kappa shape index (κ1) is 17.8. The molecule has 1 atom stereocenters. The zero-order chi connectivity index (χ0) is 17.5. The molecule has 1 N–H and O–H groups in total. The minimum Gasteiger partial charge on any atom is -0.449 e. The molecule has 0 radical (unpaired) electrons. The highest BCUT2D eigenvalue weighted by atomic mass is 35.5. The lowest BCUT2D eigenvalue weighted by molar-refractivity contribution is -0.148. The molecule has 0 spiro atoms.